The Balaban J connectivity index is 2.01. The van der Waals surface area contributed by atoms with Crippen LogP contribution in [0.2, 0.25) is 0 Å². The van der Waals surface area contributed by atoms with Gasteiger partial charge < -0.3 is 10.1 Å². The summed E-state index contributed by atoms with van der Waals surface area (Å²) in [5.74, 6) is -2.83. The number of carbonyl (C=O) groups excluding carboxylic acids is 2. The van der Waals surface area contributed by atoms with E-state index in [4.69, 9.17) is 4.74 Å². The highest BCUT2D eigenvalue weighted by Gasteiger charge is 2.37. The Hall–Kier alpha value is -4.00. The molecule has 3 rings (SSSR count). The number of methoxy groups -OCH3 is 1. The van der Waals surface area contributed by atoms with E-state index in [1.165, 1.54) is 7.11 Å². The smallest absolute Gasteiger partial charge is 0.292 e. The molecule has 0 fully saturated rings. The molecule has 1 amide bonds. The summed E-state index contributed by atoms with van der Waals surface area (Å²) >= 11 is 0. The Morgan fingerprint density at radius 1 is 0.903 bits per heavy atom. The molecule has 1 N–H and O–H groups in total. The van der Waals surface area contributed by atoms with Gasteiger partial charge in [-0.25, -0.2) is 0 Å². The number of amides is 1. The summed E-state index contributed by atoms with van der Waals surface area (Å²) in [4.78, 5) is 37.1. The van der Waals surface area contributed by atoms with Crippen LogP contribution in [0.15, 0.2) is 84.9 Å². The molecule has 0 aliphatic carbocycles. The molecule has 0 radical (unpaired) electrons. The van der Waals surface area contributed by atoms with Gasteiger partial charge in [-0.1, -0.05) is 60.7 Å². The molecule has 7 heteroatoms. The molecule has 0 unspecified atom stereocenters. The van der Waals surface area contributed by atoms with E-state index in [2.05, 4.69) is 5.32 Å². The van der Waals surface area contributed by atoms with Crippen molar-refractivity contribution in [1.82, 2.24) is 0 Å². The number of hydrogen-bond donors (Lipinski definition) is 1. The van der Waals surface area contributed by atoms with Crippen molar-refractivity contribution < 1.29 is 19.2 Å². The molecule has 0 aromatic heterocycles. The number of nitrogens with zero attached hydrogens (tertiary/aromatic N) is 1. The first-order valence-corrected chi connectivity index (χ1v) is 9.70. The van der Waals surface area contributed by atoms with Crippen LogP contribution in [0.5, 0.6) is 5.75 Å². The summed E-state index contributed by atoms with van der Waals surface area (Å²) in [6, 6.07) is 24.0. The minimum atomic E-state index is -1.02. The number of para-hydroxylation sites is 1. The third-order valence-electron chi connectivity index (χ3n) is 4.99. The number of carbonyl (C=O) groups is 2. The van der Waals surface area contributed by atoms with Crippen molar-refractivity contribution in [3.8, 4) is 5.75 Å². The molecule has 0 saturated carbocycles. The number of ether oxygens (including phenoxy) is 1. The van der Waals surface area contributed by atoms with Crippen molar-refractivity contribution in [1.29, 1.82) is 0 Å². The molecule has 0 saturated heterocycles. The minimum Gasteiger partial charge on any atom is -0.497 e. The van der Waals surface area contributed by atoms with Gasteiger partial charge in [0.25, 0.3) is 5.91 Å². The second kappa shape index (κ2) is 10.2. The van der Waals surface area contributed by atoms with Crippen molar-refractivity contribution >= 4 is 17.4 Å². The third-order valence-corrected chi connectivity index (χ3v) is 4.99. The van der Waals surface area contributed by atoms with Crippen LogP contribution in [0.25, 0.3) is 0 Å². The minimum absolute atomic E-state index is 0.465. The lowest BCUT2D eigenvalue weighted by molar-refractivity contribution is -0.483. The molecule has 3 aromatic rings. The molecule has 3 aromatic carbocycles. The van der Waals surface area contributed by atoms with Crippen LogP contribution >= 0.6 is 0 Å². The highest BCUT2D eigenvalue weighted by Crippen LogP contribution is 2.35. The molecule has 2 atom stereocenters. The molecule has 0 aliphatic rings. The van der Waals surface area contributed by atoms with Gasteiger partial charge in [0, 0.05) is 10.6 Å². The molecule has 158 valence electrons. The molecule has 7 nitrogen and oxygen atoms in total. The van der Waals surface area contributed by atoms with Crippen molar-refractivity contribution in [2.24, 2.45) is 0 Å². The van der Waals surface area contributed by atoms with Crippen LogP contribution < -0.4 is 10.1 Å². The zero-order valence-electron chi connectivity index (χ0n) is 16.9. The fourth-order valence-corrected chi connectivity index (χ4v) is 3.50. The number of anilines is 1. The first-order valence-electron chi connectivity index (χ1n) is 9.70. The molecule has 0 heterocycles. The van der Waals surface area contributed by atoms with E-state index in [-0.39, 0.29) is 0 Å². The molecule has 0 bridgehead atoms. The summed E-state index contributed by atoms with van der Waals surface area (Å²) < 4.78 is 5.16. The predicted octanol–water partition coefficient (Wildman–Crippen LogP) is 4.05. The van der Waals surface area contributed by atoms with E-state index in [1.807, 2.05) is 0 Å². The van der Waals surface area contributed by atoms with Gasteiger partial charge in [-0.05, 0) is 35.4 Å². The topological polar surface area (TPSA) is 98.5 Å². The normalized spacial score (nSPS) is 12.4. The van der Waals surface area contributed by atoms with Crippen LogP contribution in [0, 0.1) is 10.1 Å². The lowest BCUT2D eigenvalue weighted by Crippen LogP contribution is -2.34. The number of nitrogens with one attached hydrogen (secondary N) is 1. The second-order valence-corrected chi connectivity index (χ2v) is 6.97. The lowest BCUT2D eigenvalue weighted by Gasteiger charge is -2.24. The zero-order valence-corrected chi connectivity index (χ0v) is 16.9. The highest BCUT2D eigenvalue weighted by molar-refractivity contribution is 6.42. The predicted molar refractivity (Wildman–Crippen MR) is 117 cm³/mol. The maximum atomic E-state index is 13.3. The summed E-state index contributed by atoms with van der Waals surface area (Å²) in [5.41, 5.74) is 1.59. The Kier molecular flexibility index (Phi) is 7.11. The van der Waals surface area contributed by atoms with Crippen LogP contribution in [-0.2, 0) is 9.59 Å². The average Bonchev–Trinajstić information content (AvgIpc) is 2.79. The number of ketones is 1. The number of hydrogen-bond acceptors (Lipinski definition) is 5. The maximum Gasteiger partial charge on any atom is 0.292 e. The van der Waals surface area contributed by atoms with E-state index in [0.29, 0.717) is 22.6 Å². The standard InChI is InChI=1S/C24H22N2O5/c1-31-20-14-12-17(13-15-20)21(16-26(29)30)22(18-8-4-2-5-9-18)23(27)24(28)25-19-10-6-3-7-11-19/h2-15,21-22H,16H2,1H3,(H,25,28)/t21-,22-/m0/s1. The highest BCUT2D eigenvalue weighted by atomic mass is 16.6. The van der Waals surface area contributed by atoms with Gasteiger partial charge in [0.05, 0.1) is 18.9 Å². The van der Waals surface area contributed by atoms with E-state index in [0.717, 1.165) is 0 Å². The van der Waals surface area contributed by atoms with Gasteiger partial charge in [0.15, 0.2) is 0 Å². The fourth-order valence-electron chi connectivity index (χ4n) is 3.50. The molecule has 31 heavy (non-hydrogen) atoms. The van der Waals surface area contributed by atoms with Crippen molar-refractivity contribution in [3.63, 3.8) is 0 Å². The fraction of sp³-hybridized carbons (Fsp3) is 0.167. The molecular weight excluding hydrogens is 396 g/mol. The second-order valence-electron chi connectivity index (χ2n) is 6.97. The van der Waals surface area contributed by atoms with Crippen molar-refractivity contribution in [3.05, 3.63) is 106 Å². The first-order chi connectivity index (χ1) is 15.0. The average molecular weight is 418 g/mol. The lowest BCUT2D eigenvalue weighted by atomic mass is 9.78. The first kappa shape index (κ1) is 21.7. The van der Waals surface area contributed by atoms with Gasteiger partial charge in [0.2, 0.25) is 12.3 Å². The number of Topliss-reactive ketones (excluding diaryl/α,β-unsaturated/α-hetero) is 1. The van der Waals surface area contributed by atoms with Crippen molar-refractivity contribution in [2.75, 3.05) is 19.0 Å². The number of benzene rings is 3. The van der Waals surface area contributed by atoms with Gasteiger partial charge in [-0.15, -0.1) is 0 Å². The van der Waals surface area contributed by atoms with Crippen LogP contribution in [0.3, 0.4) is 0 Å². The third kappa shape index (κ3) is 5.54. The Morgan fingerprint density at radius 3 is 2.03 bits per heavy atom. The monoisotopic (exact) mass is 418 g/mol. The van der Waals surface area contributed by atoms with E-state index in [9.17, 15) is 19.7 Å². The van der Waals surface area contributed by atoms with Gasteiger partial charge in [-0.2, -0.15) is 0 Å². The van der Waals surface area contributed by atoms with Crippen molar-refractivity contribution in [2.45, 2.75) is 11.8 Å². The molecular formula is C24H22N2O5. The Labute approximate surface area is 179 Å². The van der Waals surface area contributed by atoms with Crippen LogP contribution in [0.4, 0.5) is 5.69 Å². The summed E-state index contributed by atoms with van der Waals surface area (Å²) in [5, 5.41) is 14.1. The van der Waals surface area contributed by atoms with E-state index < -0.39 is 35.0 Å². The van der Waals surface area contributed by atoms with E-state index in [1.54, 1.807) is 84.9 Å². The SMILES string of the molecule is COc1ccc([C@H](C[N+](=O)[O-])[C@@H](C(=O)C(=O)Nc2ccccc2)c2ccccc2)cc1. The summed E-state index contributed by atoms with van der Waals surface area (Å²) in [6.45, 7) is -0.504. The molecule has 0 aliphatic heterocycles. The summed E-state index contributed by atoms with van der Waals surface area (Å²) in [6.07, 6.45) is 0. The maximum absolute atomic E-state index is 13.3. The number of nitro groups is 1. The van der Waals surface area contributed by atoms with Gasteiger partial charge in [0.1, 0.15) is 5.75 Å². The quantitative estimate of drug-likeness (QED) is 0.321. The number of rotatable bonds is 9. The van der Waals surface area contributed by atoms with Crippen LogP contribution in [-0.4, -0.2) is 30.3 Å². The Morgan fingerprint density at radius 2 is 1.48 bits per heavy atom. The van der Waals surface area contributed by atoms with Gasteiger partial charge in [-0.3, -0.25) is 19.7 Å². The largest absolute Gasteiger partial charge is 0.497 e. The Bertz CT molecular complexity index is 1040. The summed E-state index contributed by atoms with van der Waals surface area (Å²) in [7, 11) is 1.52. The zero-order chi connectivity index (χ0) is 22.2. The van der Waals surface area contributed by atoms with Crippen LogP contribution in [0.1, 0.15) is 23.0 Å². The van der Waals surface area contributed by atoms with E-state index >= 15 is 0 Å². The van der Waals surface area contributed by atoms with Gasteiger partial charge >= 0.3 is 0 Å². The molecule has 0 spiro atoms.